The van der Waals surface area contributed by atoms with Crippen LogP contribution in [0.15, 0.2) is 30.3 Å². The highest BCUT2D eigenvalue weighted by Gasteiger charge is 2.05. The summed E-state index contributed by atoms with van der Waals surface area (Å²) in [5.41, 5.74) is 1.19. The summed E-state index contributed by atoms with van der Waals surface area (Å²) in [6.07, 6.45) is 2.13. The van der Waals surface area contributed by atoms with Crippen molar-refractivity contribution < 1.29 is 9.84 Å². The lowest BCUT2D eigenvalue weighted by atomic mass is 10.1. The van der Waals surface area contributed by atoms with E-state index < -0.39 is 0 Å². The molecule has 0 spiro atoms. The molecule has 2 nitrogen and oxygen atoms in total. The summed E-state index contributed by atoms with van der Waals surface area (Å²) in [7, 11) is 0. The zero-order valence-corrected chi connectivity index (χ0v) is 9.36. The predicted octanol–water partition coefficient (Wildman–Crippen LogP) is 2.61. The maximum Gasteiger partial charge on any atom is 0.0717 e. The maximum absolute atomic E-state index is 9.07. The number of rotatable bonds is 7. The Morgan fingerprint density at radius 2 is 2.00 bits per heavy atom. The highest BCUT2D eigenvalue weighted by molar-refractivity contribution is 5.13. The summed E-state index contributed by atoms with van der Waals surface area (Å²) >= 11 is 0. The molecule has 0 saturated heterocycles. The molecule has 1 aromatic rings. The molecule has 0 aliphatic rings. The molecule has 0 bridgehead atoms. The highest BCUT2D eigenvalue weighted by atomic mass is 16.5. The molecule has 15 heavy (non-hydrogen) atoms. The summed E-state index contributed by atoms with van der Waals surface area (Å²) in [6, 6.07) is 10.1. The van der Waals surface area contributed by atoms with Crippen molar-refractivity contribution in [2.24, 2.45) is 5.92 Å². The molecule has 0 saturated carbocycles. The first-order valence-corrected chi connectivity index (χ1v) is 5.59. The van der Waals surface area contributed by atoms with Crippen LogP contribution < -0.4 is 0 Å². The molecule has 0 radical (unpaired) electrons. The van der Waals surface area contributed by atoms with Gasteiger partial charge in [-0.05, 0) is 12.0 Å². The van der Waals surface area contributed by atoms with Crippen LogP contribution in [0.2, 0.25) is 0 Å². The van der Waals surface area contributed by atoms with Crippen molar-refractivity contribution in [2.75, 3.05) is 13.2 Å². The first-order valence-electron chi connectivity index (χ1n) is 5.59. The molecule has 0 aliphatic heterocycles. The average molecular weight is 208 g/mol. The van der Waals surface area contributed by atoms with Gasteiger partial charge in [0.15, 0.2) is 0 Å². The third kappa shape index (κ3) is 4.96. The minimum atomic E-state index is 0.225. The summed E-state index contributed by atoms with van der Waals surface area (Å²) < 4.78 is 5.57. The van der Waals surface area contributed by atoms with Crippen LogP contribution >= 0.6 is 0 Å². The monoisotopic (exact) mass is 208 g/mol. The van der Waals surface area contributed by atoms with E-state index in [-0.39, 0.29) is 6.61 Å². The summed E-state index contributed by atoms with van der Waals surface area (Å²) in [4.78, 5) is 0. The van der Waals surface area contributed by atoms with Crippen molar-refractivity contribution >= 4 is 0 Å². The zero-order valence-electron chi connectivity index (χ0n) is 9.36. The molecule has 1 aromatic carbocycles. The van der Waals surface area contributed by atoms with Crippen LogP contribution in [-0.2, 0) is 11.3 Å². The quantitative estimate of drug-likeness (QED) is 0.746. The predicted molar refractivity (Wildman–Crippen MR) is 61.6 cm³/mol. The van der Waals surface area contributed by atoms with Crippen molar-refractivity contribution in [1.82, 2.24) is 0 Å². The Labute approximate surface area is 91.9 Å². The molecule has 1 N–H and O–H groups in total. The lowest BCUT2D eigenvalue weighted by Gasteiger charge is -2.13. The fraction of sp³-hybridized carbons (Fsp3) is 0.538. The minimum absolute atomic E-state index is 0.225. The minimum Gasteiger partial charge on any atom is -0.396 e. The van der Waals surface area contributed by atoms with Crippen molar-refractivity contribution in [1.29, 1.82) is 0 Å². The number of benzene rings is 1. The largest absolute Gasteiger partial charge is 0.396 e. The van der Waals surface area contributed by atoms with Gasteiger partial charge in [-0.3, -0.25) is 0 Å². The fourth-order valence-corrected chi connectivity index (χ4v) is 1.55. The Morgan fingerprint density at radius 3 is 2.60 bits per heavy atom. The first-order chi connectivity index (χ1) is 7.36. The molecule has 0 amide bonds. The number of hydrogen-bond acceptors (Lipinski definition) is 2. The molecule has 1 atom stereocenters. The van der Waals surface area contributed by atoms with Gasteiger partial charge in [-0.2, -0.15) is 0 Å². The van der Waals surface area contributed by atoms with E-state index in [1.54, 1.807) is 0 Å². The van der Waals surface area contributed by atoms with Gasteiger partial charge in [-0.1, -0.05) is 43.7 Å². The van der Waals surface area contributed by atoms with Crippen molar-refractivity contribution in [3.05, 3.63) is 35.9 Å². The zero-order chi connectivity index (χ0) is 10.9. The molecule has 84 valence electrons. The van der Waals surface area contributed by atoms with Crippen LogP contribution in [0.4, 0.5) is 0 Å². The van der Waals surface area contributed by atoms with Gasteiger partial charge >= 0.3 is 0 Å². The Kier molecular flexibility index (Phi) is 6.05. The van der Waals surface area contributed by atoms with E-state index in [0.717, 1.165) is 12.8 Å². The van der Waals surface area contributed by atoms with Crippen LogP contribution in [0.25, 0.3) is 0 Å². The lowest BCUT2D eigenvalue weighted by Crippen LogP contribution is -2.13. The van der Waals surface area contributed by atoms with E-state index in [4.69, 9.17) is 9.84 Å². The maximum atomic E-state index is 9.07. The third-order valence-electron chi connectivity index (χ3n) is 2.42. The molecular formula is C13H20O2. The van der Waals surface area contributed by atoms with E-state index in [9.17, 15) is 0 Å². The van der Waals surface area contributed by atoms with Gasteiger partial charge in [-0.25, -0.2) is 0 Å². The topological polar surface area (TPSA) is 29.5 Å². The molecule has 0 unspecified atom stereocenters. The molecule has 2 heteroatoms. The smallest absolute Gasteiger partial charge is 0.0717 e. The van der Waals surface area contributed by atoms with Crippen LogP contribution in [0.5, 0.6) is 0 Å². The van der Waals surface area contributed by atoms with E-state index in [0.29, 0.717) is 19.1 Å². The van der Waals surface area contributed by atoms with Gasteiger partial charge in [0.05, 0.1) is 13.2 Å². The summed E-state index contributed by atoms with van der Waals surface area (Å²) in [6.45, 7) is 3.64. The van der Waals surface area contributed by atoms with Gasteiger partial charge < -0.3 is 9.84 Å². The van der Waals surface area contributed by atoms with Crippen LogP contribution in [0.3, 0.4) is 0 Å². The molecule has 1 rings (SSSR count). The Balaban J connectivity index is 2.20. The van der Waals surface area contributed by atoms with E-state index in [1.165, 1.54) is 5.56 Å². The number of aliphatic hydroxyl groups excluding tert-OH is 1. The van der Waals surface area contributed by atoms with E-state index >= 15 is 0 Å². The lowest BCUT2D eigenvalue weighted by molar-refractivity contribution is 0.0593. The SMILES string of the molecule is CCC[C@@H](CO)COCc1ccccc1. The van der Waals surface area contributed by atoms with E-state index in [2.05, 4.69) is 6.92 Å². The van der Waals surface area contributed by atoms with Crippen LogP contribution in [0, 0.1) is 5.92 Å². The summed E-state index contributed by atoms with van der Waals surface area (Å²) in [5, 5.41) is 9.07. The van der Waals surface area contributed by atoms with Gasteiger partial charge in [0.25, 0.3) is 0 Å². The fourth-order valence-electron chi connectivity index (χ4n) is 1.55. The Bertz CT molecular complexity index is 246. The van der Waals surface area contributed by atoms with Crippen molar-refractivity contribution in [2.45, 2.75) is 26.4 Å². The van der Waals surface area contributed by atoms with Gasteiger partial charge in [0, 0.05) is 12.5 Å². The standard InChI is InChI=1S/C13H20O2/c1-2-6-13(9-14)11-15-10-12-7-4-3-5-8-12/h3-5,7-8,13-14H,2,6,9-11H2,1H3/t13-/m0/s1. The second-order valence-corrected chi connectivity index (χ2v) is 3.84. The molecule has 0 heterocycles. The average Bonchev–Trinajstić information content (AvgIpc) is 2.29. The second-order valence-electron chi connectivity index (χ2n) is 3.84. The highest BCUT2D eigenvalue weighted by Crippen LogP contribution is 2.08. The van der Waals surface area contributed by atoms with E-state index in [1.807, 2.05) is 30.3 Å². The number of hydrogen-bond donors (Lipinski definition) is 1. The van der Waals surface area contributed by atoms with Gasteiger partial charge in [0.2, 0.25) is 0 Å². The Hall–Kier alpha value is -0.860. The Morgan fingerprint density at radius 1 is 1.27 bits per heavy atom. The molecule has 0 fully saturated rings. The summed E-state index contributed by atoms with van der Waals surface area (Å²) in [5.74, 6) is 0.290. The van der Waals surface area contributed by atoms with Gasteiger partial charge in [0.1, 0.15) is 0 Å². The van der Waals surface area contributed by atoms with Crippen molar-refractivity contribution in [3.8, 4) is 0 Å². The third-order valence-corrected chi connectivity index (χ3v) is 2.42. The van der Waals surface area contributed by atoms with Crippen LogP contribution in [-0.4, -0.2) is 18.3 Å². The number of aliphatic hydroxyl groups is 1. The number of ether oxygens (including phenoxy) is 1. The molecule has 0 aliphatic carbocycles. The van der Waals surface area contributed by atoms with Crippen molar-refractivity contribution in [3.63, 3.8) is 0 Å². The second kappa shape index (κ2) is 7.43. The van der Waals surface area contributed by atoms with Crippen LogP contribution in [0.1, 0.15) is 25.3 Å². The molecular weight excluding hydrogens is 188 g/mol. The molecule has 0 aromatic heterocycles. The first kappa shape index (κ1) is 12.2. The normalized spacial score (nSPS) is 12.7. The van der Waals surface area contributed by atoms with Gasteiger partial charge in [-0.15, -0.1) is 0 Å².